The van der Waals surface area contributed by atoms with E-state index in [0.717, 1.165) is 12.3 Å². The molecule has 1 aromatic rings. The zero-order chi connectivity index (χ0) is 15.3. The first-order valence-electron chi connectivity index (χ1n) is 5.59. The molecule has 20 heavy (non-hydrogen) atoms. The molecular formula is C10H13N3O6S. The fourth-order valence-electron chi connectivity index (χ4n) is 1.31. The molecule has 9 nitrogen and oxygen atoms in total. The summed E-state index contributed by atoms with van der Waals surface area (Å²) < 4.78 is 22.6. The van der Waals surface area contributed by atoms with Crippen molar-refractivity contribution in [3.8, 4) is 0 Å². The maximum atomic E-state index is 11.3. The van der Waals surface area contributed by atoms with Gasteiger partial charge in [0.25, 0.3) is 0 Å². The average Bonchev–Trinajstić information content (AvgIpc) is 2.38. The summed E-state index contributed by atoms with van der Waals surface area (Å²) in [6.45, 7) is 1.45. The molecule has 0 unspecified atom stereocenters. The molecule has 0 spiro atoms. The van der Waals surface area contributed by atoms with Crippen LogP contribution in [0.2, 0.25) is 0 Å². The number of carboxylic acid groups (broad SMARTS) is 1. The Morgan fingerprint density at radius 2 is 2.20 bits per heavy atom. The SMILES string of the molecule is CCS(=O)(=O)CCNc1ncc(C(=O)O)cc1[N+](=O)[O-]. The molecule has 1 aromatic heterocycles. The van der Waals surface area contributed by atoms with Crippen molar-refractivity contribution in [2.45, 2.75) is 6.92 Å². The number of nitrogens with one attached hydrogen (secondary N) is 1. The molecule has 10 heteroatoms. The van der Waals surface area contributed by atoms with Crippen LogP contribution in [-0.2, 0) is 9.84 Å². The van der Waals surface area contributed by atoms with Gasteiger partial charge in [-0.15, -0.1) is 0 Å². The summed E-state index contributed by atoms with van der Waals surface area (Å²) in [5.74, 6) is -1.71. The van der Waals surface area contributed by atoms with E-state index < -0.39 is 26.4 Å². The summed E-state index contributed by atoms with van der Waals surface area (Å²) >= 11 is 0. The topological polar surface area (TPSA) is 140 Å². The van der Waals surface area contributed by atoms with E-state index in [-0.39, 0.29) is 29.4 Å². The first-order valence-corrected chi connectivity index (χ1v) is 7.41. The molecule has 0 aliphatic carbocycles. The first kappa shape index (κ1) is 15.8. The Labute approximate surface area is 114 Å². The van der Waals surface area contributed by atoms with Gasteiger partial charge in [0.1, 0.15) is 0 Å². The molecular weight excluding hydrogens is 290 g/mol. The molecule has 110 valence electrons. The van der Waals surface area contributed by atoms with Crippen LogP contribution in [0, 0.1) is 10.1 Å². The van der Waals surface area contributed by atoms with E-state index in [9.17, 15) is 23.3 Å². The van der Waals surface area contributed by atoms with Gasteiger partial charge in [0, 0.05) is 24.6 Å². The minimum atomic E-state index is -3.20. The quantitative estimate of drug-likeness (QED) is 0.549. The molecule has 0 fully saturated rings. The Hall–Kier alpha value is -2.23. The predicted octanol–water partition coefficient (Wildman–Crippen LogP) is 0.535. The molecule has 1 heterocycles. The van der Waals surface area contributed by atoms with Crippen molar-refractivity contribution in [3.05, 3.63) is 27.9 Å². The van der Waals surface area contributed by atoms with Gasteiger partial charge in [0.15, 0.2) is 9.84 Å². The number of carbonyl (C=O) groups is 1. The third kappa shape index (κ3) is 4.16. The highest BCUT2D eigenvalue weighted by atomic mass is 32.2. The minimum Gasteiger partial charge on any atom is -0.478 e. The van der Waals surface area contributed by atoms with Crippen LogP contribution in [0.3, 0.4) is 0 Å². The maximum absolute atomic E-state index is 11.3. The average molecular weight is 303 g/mol. The van der Waals surface area contributed by atoms with Crippen molar-refractivity contribution < 1.29 is 23.2 Å². The second-order valence-corrected chi connectivity index (χ2v) is 6.29. The summed E-state index contributed by atoms with van der Waals surface area (Å²) in [4.78, 5) is 24.4. The van der Waals surface area contributed by atoms with Crippen LogP contribution in [0.15, 0.2) is 12.3 Å². The molecule has 1 rings (SSSR count). The fraction of sp³-hybridized carbons (Fsp3) is 0.400. The second kappa shape index (κ2) is 6.28. The van der Waals surface area contributed by atoms with Gasteiger partial charge in [0.2, 0.25) is 5.82 Å². The summed E-state index contributed by atoms with van der Waals surface area (Å²) in [5, 5.41) is 22.1. The van der Waals surface area contributed by atoms with Crippen LogP contribution in [0.25, 0.3) is 0 Å². The highest BCUT2D eigenvalue weighted by Crippen LogP contribution is 2.22. The number of pyridine rings is 1. The molecule has 0 saturated heterocycles. The van der Waals surface area contributed by atoms with E-state index in [4.69, 9.17) is 5.11 Å². The van der Waals surface area contributed by atoms with E-state index in [1.165, 1.54) is 6.92 Å². The third-order valence-electron chi connectivity index (χ3n) is 2.46. The van der Waals surface area contributed by atoms with E-state index in [1.54, 1.807) is 0 Å². The van der Waals surface area contributed by atoms with Gasteiger partial charge in [-0.1, -0.05) is 6.92 Å². The zero-order valence-corrected chi connectivity index (χ0v) is 11.4. The largest absolute Gasteiger partial charge is 0.478 e. The number of anilines is 1. The van der Waals surface area contributed by atoms with Crippen molar-refractivity contribution in [2.24, 2.45) is 0 Å². The van der Waals surface area contributed by atoms with Gasteiger partial charge in [0.05, 0.1) is 16.2 Å². The van der Waals surface area contributed by atoms with Gasteiger partial charge < -0.3 is 10.4 Å². The molecule has 0 amide bonds. The number of aromatic nitrogens is 1. The lowest BCUT2D eigenvalue weighted by Crippen LogP contribution is -2.18. The fourth-order valence-corrected chi connectivity index (χ4v) is 2.02. The van der Waals surface area contributed by atoms with Crippen molar-refractivity contribution in [2.75, 3.05) is 23.4 Å². The lowest BCUT2D eigenvalue weighted by molar-refractivity contribution is -0.384. The summed E-state index contributed by atoms with van der Waals surface area (Å²) in [6.07, 6.45) is 0.964. The Morgan fingerprint density at radius 3 is 2.70 bits per heavy atom. The molecule has 0 aromatic carbocycles. The van der Waals surface area contributed by atoms with Crippen LogP contribution >= 0.6 is 0 Å². The Balaban J connectivity index is 2.90. The number of nitro groups is 1. The van der Waals surface area contributed by atoms with Gasteiger partial charge in [-0.25, -0.2) is 18.2 Å². The number of nitrogens with zero attached hydrogens (tertiary/aromatic N) is 2. The van der Waals surface area contributed by atoms with Crippen LogP contribution < -0.4 is 5.32 Å². The number of sulfone groups is 1. The summed E-state index contributed by atoms with van der Waals surface area (Å²) in [7, 11) is -3.20. The van der Waals surface area contributed by atoms with Crippen LogP contribution in [0.5, 0.6) is 0 Å². The molecule has 0 bridgehead atoms. The molecule has 0 radical (unpaired) electrons. The first-order chi connectivity index (χ1) is 9.26. The lowest BCUT2D eigenvalue weighted by atomic mass is 10.2. The maximum Gasteiger partial charge on any atom is 0.337 e. The molecule has 0 atom stereocenters. The third-order valence-corrected chi connectivity index (χ3v) is 4.16. The normalized spacial score (nSPS) is 11.1. The molecule has 0 saturated carbocycles. The van der Waals surface area contributed by atoms with Crippen molar-refractivity contribution >= 4 is 27.3 Å². The van der Waals surface area contributed by atoms with Gasteiger partial charge in [-0.05, 0) is 0 Å². The number of hydrogen-bond donors (Lipinski definition) is 2. The molecule has 0 aliphatic heterocycles. The summed E-state index contributed by atoms with van der Waals surface area (Å²) in [5.41, 5.74) is -0.831. The van der Waals surface area contributed by atoms with Gasteiger partial charge in [-0.3, -0.25) is 10.1 Å². The van der Waals surface area contributed by atoms with Crippen molar-refractivity contribution in [1.82, 2.24) is 4.98 Å². The highest BCUT2D eigenvalue weighted by molar-refractivity contribution is 7.91. The minimum absolute atomic E-state index is 0.0256. The number of rotatable bonds is 7. The van der Waals surface area contributed by atoms with Crippen molar-refractivity contribution in [1.29, 1.82) is 0 Å². The Kier molecular flexibility index (Phi) is 4.97. The van der Waals surface area contributed by atoms with Crippen LogP contribution in [0.4, 0.5) is 11.5 Å². The van der Waals surface area contributed by atoms with E-state index in [2.05, 4.69) is 10.3 Å². The lowest BCUT2D eigenvalue weighted by Gasteiger charge is -2.06. The Bertz CT molecular complexity index is 628. The number of hydrogen-bond acceptors (Lipinski definition) is 7. The van der Waals surface area contributed by atoms with Crippen molar-refractivity contribution in [3.63, 3.8) is 0 Å². The monoisotopic (exact) mass is 303 g/mol. The highest BCUT2D eigenvalue weighted by Gasteiger charge is 2.19. The number of aromatic carboxylic acids is 1. The van der Waals surface area contributed by atoms with Crippen LogP contribution in [-0.4, -0.2) is 47.5 Å². The van der Waals surface area contributed by atoms with E-state index >= 15 is 0 Å². The van der Waals surface area contributed by atoms with Gasteiger partial charge in [-0.2, -0.15) is 0 Å². The Morgan fingerprint density at radius 1 is 1.55 bits per heavy atom. The van der Waals surface area contributed by atoms with E-state index in [1.807, 2.05) is 0 Å². The standard InChI is InChI=1S/C10H13N3O6S/c1-2-20(18,19)4-3-11-9-8(13(16)17)5-7(6-12-9)10(14)15/h5-6H,2-4H2,1H3,(H,11,12)(H,14,15). The second-order valence-electron chi connectivity index (χ2n) is 3.82. The predicted molar refractivity (Wildman–Crippen MR) is 70.7 cm³/mol. The number of carboxylic acids is 1. The molecule has 2 N–H and O–H groups in total. The van der Waals surface area contributed by atoms with Gasteiger partial charge >= 0.3 is 11.7 Å². The smallest absolute Gasteiger partial charge is 0.337 e. The summed E-state index contributed by atoms with van der Waals surface area (Å²) in [6, 6.07) is 0.867. The molecule has 0 aliphatic rings. The van der Waals surface area contributed by atoms with E-state index in [0.29, 0.717) is 0 Å². The van der Waals surface area contributed by atoms with Crippen LogP contribution in [0.1, 0.15) is 17.3 Å². The zero-order valence-electron chi connectivity index (χ0n) is 10.6.